The van der Waals surface area contributed by atoms with Gasteiger partial charge in [-0.25, -0.2) is 0 Å². The summed E-state index contributed by atoms with van der Waals surface area (Å²) in [6, 6.07) is 0.234. The molecule has 0 aromatic heterocycles. The van der Waals surface area contributed by atoms with Gasteiger partial charge in [0.25, 0.3) is 0 Å². The van der Waals surface area contributed by atoms with Crippen molar-refractivity contribution in [2.45, 2.75) is 50.0 Å². The summed E-state index contributed by atoms with van der Waals surface area (Å²) in [5.41, 5.74) is 0. The molecule has 1 aliphatic heterocycles. The second-order valence-electron chi connectivity index (χ2n) is 6.54. The largest absolute Gasteiger partial charge is 0.396 e. The third-order valence-electron chi connectivity index (χ3n) is 5.26. The Balaban J connectivity index is 1.71. The Morgan fingerprint density at radius 2 is 2.20 bits per heavy atom. The molecule has 3 N–H and O–H groups in total. The third-order valence-corrected chi connectivity index (χ3v) is 6.67. The average molecular weight is 298 g/mol. The lowest BCUT2D eigenvalue weighted by molar-refractivity contribution is -0.122. The number of aliphatic imine (C=N–C) groups is 1. The summed E-state index contributed by atoms with van der Waals surface area (Å²) in [6.45, 7) is 3.73. The fourth-order valence-corrected chi connectivity index (χ4v) is 4.73. The molecule has 0 spiro atoms. The average Bonchev–Trinajstić information content (AvgIpc) is 3.03. The van der Waals surface area contributed by atoms with Crippen LogP contribution in [-0.4, -0.2) is 44.8 Å². The number of nitrogens with zero attached hydrogens (tertiary/aromatic N) is 1. The molecule has 3 rings (SSSR count). The van der Waals surface area contributed by atoms with Crippen molar-refractivity contribution in [3.63, 3.8) is 0 Å². The summed E-state index contributed by atoms with van der Waals surface area (Å²) < 4.78 is -0.634. The van der Waals surface area contributed by atoms with E-state index < -0.39 is 4.75 Å². The number of hydrogen-bond donors (Lipinski definition) is 3. The Bertz CT molecular complexity index is 454. The van der Waals surface area contributed by atoms with Crippen LogP contribution in [0.4, 0.5) is 0 Å². The zero-order valence-electron chi connectivity index (χ0n) is 11.9. The lowest BCUT2D eigenvalue weighted by atomic mass is 9.94. The number of amides is 1. The maximum absolute atomic E-state index is 12.1. The molecule has 20 heavy (non-hydrogen) atoms. The fourth-order valence-electron chi connectivity index (χ4n) is 3.57. The number of amidine groups is 1. The van der Waals surface area contributed by atoms with Gasteiger partial charge in [-0.2, -0.15) is 0 Å². The molecule has 2 aliphatic carbocycles. The Morgan fingerprint density at radius 3 is 2.75 bits per heavy atom. The van der Waals surface area contributed by atoms with Crippen molar-refractivity contribution in [1.82, 2.24) is 5.32 Å². The highest BCUT2D eigenvalue weighted by atomic mass is 32.2. The molecular formula is C14H22N2O3S. The van der Waals surface area contributed by atoms with E-state index in [2.05, 4.69) is 5.32 Å². The molecule has 1 amide bonds. The normalized spacial score (nSPS) is 47.0. The lowest BCUT2D eigenvalue weighted by Crippen LogP contribution is -2.40. The van der Waals surface area contributed by atoms with Crippen LogP contribution in [-0.2, 0) is 4.79 Å². The van der Waals surface area contributed by atoms with Gasteiger partial charge in [0.1, 0.15) is 4.75 Å². The first-order chi connectivity index (χ1) is 9.44. The zero-order valence-corrected chi connectivity index (χ0v) is 12.7. The molecule has 0 radical (unpaired) electrons. The van der Waals surface area contributed by atoms with Gasteiger partial charge in [0.15, 0.2) is 5.17 Å². The van der Waals surface area contributed by atoms with Gasteiger partial charge in [0, 0.05) is 12.5 Å². The summed E-state index contributed by atoms with van der Waals surface area (Å²) in [5.74, 6) is 0.675. The SMILES string of the molecule is C[C@H](CO)[C@]1(C)SC(=N[C@H]2C[C@H]3C[C@@H]2C[C@@H]3O)NC1=O. The van der Waals surface area contributed by atoms with Gasteiger partial charge in [-0.1, -0.05) is 18.7 Å². The van der Waals surface area contributed by atoms with Gasteiger partial charge in [0.2, 0.25) is 5.91 Å². The molecule has 1 heterocycles. The molecule has 1 saturated heterocycles. The maximum Gasteiger partial charge on any atom is 0.242 e. The number of aliphatic hydroxyl groups excluding tert-OH is 2. The van der Waals surface area contributed by atoms with E-state index in [1.807, 2.05) is 13.8 Å². The highest BCUT2D eigenvalue weighted by Crippen LogP contribution is 2.47. The Hall–Kier alpha value is -0.590. The van der Waals surface area contributed by atoms with E-state index in [-0.39, 0.29) is 30.6 Å². The van der Waals surface area contributed by atoms with Crippen LogP contribution < -0.4 is 5.32 Å². The molecule has 0 aromatic carbocycles. The highest BCUT2D eigenvalue weighted by molar-refractivity contribution is 8.16. The van der Waals surface area contributed by atoms with Crippen molar-refractivity contribution >= 4 is 22.8 Å². The lowest BCUT2D eigenvalue weighted by Gasteiger charge is -2.25. The number of nitrogens with one attached hydrogen (secondary N) is 1. The van der Waals surface area contributed by atoms with E-state index in [0.29, 0.717) is 17.0 Å². The van der Waals surface area contributed by atoms with E-state index in [1.54, 1.807) is 0 Å². The standard InChI is InChI=1S/C14H22N2O3S/c1-7(6-17)14(2)12(19)16-13(20-14)15-10-4-9-3-8(10)5-11(9)18/h7-11,17-18H,3-6H2,1-2H3,(H,15,16,19)/t7-,8-,9-,10+,11+,14+/m1/s1. The molecule has 3 fully saturated rings. The number of hydrogen-bond acceptors (Lipinski definition) is 5. The van der Waals surface area contributed by atoms with Crippen LogP contribution in [0.2, 0.25) is 0 Å². The first-order valence-corrected chi connectivity index (χ1v) is 8.13. The van der Waals surface area contributed by atoms with Crippen LogP contribution in [0.1, 0.15) is 33.1 Å². The highest BCUT2D eigenvalue weighted by Gasteiger charge is 2.49. The number of carbonyl (C=O) groups excluding carboxylic acids is 1. The van der Waals surface area contributed by atoms with Crippen LogP contribution in [0.15, 0.2) is 4.99 Å². The Morgan fingerprint density at radius 1 is 1.45 bits per heavy atom. The van der Waals surface area contributed by atoms with Gasteiger partial charge in [-0.3, -0.25) is 9.79 Å². The first-order valence-electron chi connectivity index (χ1n) is 7.31. The predicted molar refractivity (Wildman–Crippen MR) is 78.4 cm³/mol. The first kappa shape index (κ1) is 14.4. The van der Waals surface area contributed by atoms with Crippen molar-refractivity contribution in [1.29, 1.82) is 0 Å². The van der Waals surface area contributed by atoms with Gasteiger partial charge >= 0.3 is 0 Å². The van der Waals surface area contributed by atoms with Crippen molar-refractivity contribution < 1.29 is 15.0 Å². The number of fused-ring (bicyclic) bond motifs is 2. The van der Waals surface area contributed by atoms with E-state index in [0.717, 1.165) is 19.3 Å². The molecule has 5 nitrogen and oxygen atoms in total. The number of thioether (sulfide) groups is 1. The smallest absolute Gasteiger partial charge is 0.242 e. The van der Waals surface area contributed by atoms with E-state index in [4.69, 9.17) is 4.99 Å². The van der Waals surface area contributed by atoms with E-state index in [1.165, 1.54) is 11.8 Å². The van der Waals surface area contributed by atoms with Crippen molar-refractivity contribution in [3.8, 4) is 0 Å². The maximum atomic E-state index is 12.1. The predicted octanol–water partition coefficient (Wildman–Crippen LogP) is 0.752. The van der Waals surface area contributed by atoms with Crippen LogP contribution in [0.5, 0.6) is 0 Å². The minimum absolute atomic E-state index is 0.00940. The fraction of sp³-hybridized carbons (Fsp3) is 0.857. The molecule has 6 heteroatoms. The van der Waals surface area contributed by atoms with Crippen molar-refractivity contribution in [2.75, 3.05) is 6.61 Å². The van der Waals surface area contributed by atoms with Crippen molar-refractivity contribution in [2.24, 2.45) is 22.7 Å². The monoisotopic (exact) mass is 298 g/mol. The molecule has 2 bridgehead atoms. The molecular weight excluding hydrogens is 276 g/mol. The quantitative estimate of drug-likeness (QED) is 0.718. The van der Waals surface area contributed by atoms with Crippen LogP contribution in [0, 0.1) is 17.8 Å². The second kappa shape index (κ2) is 5.00. The zero-order chi connectivity index (χ0) is 14.5. The van der Waals surface area contributed by atoms with E-state index in [9.17, 15) is 15.0 Å². The molecule has 112 valence electrons. The summed E-state index contributed by atoms with van der Waals surface area (Å²) in [6.07, 6.45) is 2.68. The minimum Gasteiger partial charge on any atom is -0.396 e. The Kier molecular flexibility index (Phi) is 3.59. The third kappa shape index (κ3) is 2.18. The van der Waals surface area contributed by atoms with Crippen molar-refractivity contribution in [3.05, 3.63) is 0 Å². The van der Waals surface area contributed by atoms with Crippen LogP contribution in [0.25, 0.3) is 0 Å². The van der Waals surface area contributed by atoms with Crippen LogP contribution in [0.3, 0.4) is 0 Å². The topological polar surface area (TPSA) is 81.9 Å². The summed E-state index contributed by atoms with van der Waals surface area (Å²) in [7, 11) is 0. The molecule has 0 aromatic rings. The van der Waals surface area contributed by atoms with Gasteiger partial charge in [-0.05, 0) is 38.0 Å². The Labute approximate surface area is 123 Å². The molecule has 6 atom stereocenters. The second-order valence-corrected chi connectivity index (χ2v) is 7.98. The molecule has 3 aliphatic rings. The molecule has 2 saturated carbocycles. The summed E-state index contributed by atoms with van der Waals surface area (Å²) in [4.78, 5) is 16.8. The number of rotatable bonds is 3. The van der Waals surface area contributed by atoms with E-state index >= 15 is 0 Å². The van der Waals surface area contributed by atoms with Crippen LogP contribution >= 0.6 is 11.8 Å². The van der Waals surface area contributed by atoms with Gasteiger partial charge < -0.3 is 15.5 Å². The number of carbonyl (C=O) groups is 1. The number of aliphatic hydroxyl groups is 2. The summed E-state index contributed by atoms with van der Waals surface area (Å²) in [5, 5.41) is 22.6. The summed E-state index contributed by atoms with van der Waals surface area (Å²) >= 11 is 1.44. The molecule has 0 unspecified atom stereocenters. The minimum atomic E-state index is -0.634. The van der Waals surface area contributed by atoms with Gasteiger partial charge in [0.05, 0.1) is 12.1 Å². The van der Waals surface area contributed by atoms with Gasteiger partial charge in [-0.15, -0.1) is 0 Å².